The van der Waals surface area contributed by atoms with Crippen LogP contribution in [-0.4, -0.2) is 24.9 Å². The van der Waals surface area contributed by atoms with Gasteiger partial charge in [0, 0.05) is 37.1 Å². The van der Waals surface area contributed by atoms with Crippen LogP contribution in [0.5, 0.6) is 0 Å². The van der Waals surface area contributed by atoms with Gasteiger partial charge in [-0.15, -0.1) is 0 Å². The van der Waals surface area contributed by atoms with Crippen molar-refractivity contribution < 1.29 is 14.0 Å². The van der Waals surface area contributed by atoms with E-state index in [-0.39, 0.29) is 30.6 Å². The molecular weight excluding hydrogens is 343 g/mol. The summed E-state index contributed by atoms with van der Waals surface area (Å²) in [6, 6.07) is 13.3. The van der Waals surface area contributed by atoms with Gasteiger partial charge in [0.15, 0.2) is 0 Å². The number of nitrogens with zero attached hydrogens (tertiary/aromatic N) is 1. The van der Waals surface area contributed by atoms with Crippen molar-refractivity contribution in [2.75, 3.05) is 18.0 Å². The summed E-state index contributed by atoms with van der Waals surface area (Å²) in [6.45, 7) is 2.06. The first-order valence-corrected chi connectivity index (χ1v) is 8.39. The van der Waals surface area contributed by atoms with Gasteiger partial charge in [-0.25, -0.2) is 4.39 Å². The van der Waals surface area contributed by atoms with E-state index in [0.29, 0.717) is 29.2 Å². The van der Waals surface area contributed by atoms with E-state index in [4.69, 9.17) is 11.6 Å². The predicted octanol–water partition coefficient (Wildman–Crippen LogP) is 3.58. The minimum absolute atomic E-state index is 0.151. The van der Waals surface area contributed by atoms with Crippen molar-refractivity contribution in [2.45, 2.75) is 19.8 Å². The average Bonchev–Trinajstić information content (AvgIpc) is 2.58. The van der Waals surface area contributed by atoms with Gasteiger partial charge in [-0.2, -0.15) is 0 Å². The van der Waals surface area contributed by atoms with Crippen LogP contribution in [0.25, 0.3) is 0 Å². The third kappa shape index (κ3) is 5.87. The molecule has 0 radical (unpaired) electrons. The molecule has 0 atom stereocenters. The molecule has 0 aliphatic carbocycles. The van der Waals surface area contributed by atoms with Crippen molar-refractivity contribution in [1.29, 1.82) is 0 Å². The third-order valence-corrected chi connectivity index (χ3v) is 4.01. The number of anilines is 1. The number of hydrogen-bond donors (Lipinski definition) is 1. The van der Waals surface area contributed by atoms with Gasteiger partial charge in [-0.1, -0.05) is 29.8 Å². The van der Waals surface area contributed by atoms with Crippen molar-refractivity contribution in [3.63, 3.8) is 0 Å². The zero-order valence-corrected chi connectivity index (χ0v) is 14.7. The molecule has 0 heterocycles. The second-order valence-electron chi connectivity index (χ2n) is 5.59. The number of halogens is 2. The summed E-state index contributed by atoms with van der Waals surface area (Å²) in [6.07, 6.45) is 0.589. The first-order chi connectivity index (χ1) is 12.0. The molecule has 0 aliphatic heterocycles. The van der Waals surface area contributed by atoms with Gasteiger partial charge in [-0.05, 0) is 42.3 Å². The molecule has 0 saturated carbocycles. The maximum atomic E-state index is 13.5. The summed E-state index contributed by atoms with van der Waals surface area (Å²) < 4.78 is 13.5. The van der Waals surface area contributed by atoms with Crippen LogP contribution in [0.2, 0.25) is 5.02 Å². The lowest BCUT2D eigenvalue weighted by atomic mass is 10.1. The fourth-order valence-corrected chi connectivity index (χ4v) is 2.55. The fraction of sp³-hybridized carbons (Fsp3) is 0.263. The molecule has 0 spiro atoms. The van der Waals surface area contributed by atoms with Crippen LogP contribution in [0.4, 0.5) is 10.1 Å². The largest absolute Gasteiger partial charge is 0.356 e. The number of rotatable bonds is 7. The van der Waals surface area contributed by atoms with Gasteiger partial charge < -0.3 is 10.2 Å². The van der Waals surface area contributed by atoms with Crippen molar-refractivity contribution in [1.82, 2.24) is 5.32 Å². The minimum atomic E-state index is -0.276. The normalized spacial score (nSPS) is 10.4. The Hall–Kier alpha value is -2.40. The van der Waals surface area contributed by atoms with E-state index in [1.807, 2.05) is 0 Å². The predicted molar refractivity (Wildman–Crippen MR) is 97.2 cm³/mol. The maximum absolute atomic E-state index is 13.5. The molecule has 0 aromatic heterocycles. The molecule has 25 heavy (non-hydrogen) atoms. The van der Waals surface area contributed by atoms with E-state index in [1.54, 1.807) is 42.5 Å². The third-order valence-electron chi connectivity index (χ3n) is 3.76. The molecule has 2 rings (SSSR count). The molecule has 0 saturated heterocycles. The van der Waals surface area contributed by atoms with Gasteiger partial charge in [0.1, 0.15) is 5.82 Å². The van der Waals surface area contributed by atoms with Gasteiger partial charge in [0.25, 0.3) is 0 Å². The van der Waals surface area contributed by atoms with Crippen LogP contribution < -0.4 is 10.2 Å². The Morgan fingerprint density at radius 1 is 1.12 bits per heavy atom. The number of carbonyl (C=O) groups is 2. The molecule has 6 heteroatoms. The monoisotopic (exact) mass is 362 g/mol. The number of carbonyl (C=O) groups excluding carboxylic acids is 2. The van der Waals surface area contributed by atoms with Gasteiger partial charge in [-0.3, -0.25) is 9.59 Å². The lowest BCUT2D eigenvalue weighted by Gasteiger charge is -2.21. The molecule has 0 unspecified atom stereocenters. The summed E-state index contributed by atoms with van der Waals surface area (Å²) in [4.78, 5) is 25.3. The summed E-state index contributed by atoms with van der Waals surface area (Å²) in [5.41, 5.74) is 1.25. The second kappa shape index (κ2) is 9.18. The average molecular weight is 363 g/mol. The highest BCUT2D eigenvalue weighted by molar-refractivity contribution is 6.30. The zero-order valence-electron chi connectivity index (χ0n) is 14.0. The fourth-order valence-electron chi connectivity index (χ4n) is 2.43. The van der Waals surface area contributed by atoms with Crippen LogP contribution in [0.1, 0.15) is 18.9 Å². The van der Waals surface area contributed by atoms with E-state index >= 15 is 0 Å². The molecule has 0 fully saturated rings. The Morgan fingerprint density at radius 2 is 1.80 bits per heavy atom. The van der Waals surface area contributed by atoms with Crippen LogP contribution in [-0.2, 0) is 16.0 Å². The van der Waals surface area contributed by atoms with Crippen LogP contribution >= 0.6 is 11.6 Å². The smallest absolute Gasteiger partial charge is 0.223 e. The first-order valence-electron chi connectivity index (χ1n) is 8.01. The van der Waals surface area contributed by atoms with E-state index < -0.39 is 0 Å². The summed E-state index contributed by atoms with van der Waals surface area (Å²) in [5, 5.41) is 3.33. The van der Waals surface area contributed by atoms with Crippen molar-refractivity contribution in [2.24, 2.45) is 0 Å². The SMILES string of the molecule is CC(=O)N(CCC(=O)NCCc1ccccc1F)c1ccc(Cl)cc1. The maximum Gasteiger partial charge on any atom is 0.223 e. The van der Waals surface area contributed by atoms with Gasteiger partial charge in [0.05, 0.1) is 0 Å². The highest BCUT2D eigenvalue weighted by Gasteiger charge is 2.13. The molecule has 1 N–H and O–H groups in total. The van der Waals surface area contributed by atoms with Crippen molar-refractivity contribution in [3.05, 3.63) is 64.9 Å². The molecule has 4 nitrogen and oxygen atoms in total. The number of amides is 2. The Bertz CT molecular complexity index is 734. The highest BCUT2D eigenvalue weighted by Crippen LogP contribution is 2.18. The van der Waals surface area contributed by atoms with E-state index in [0.717, 1.165) is 0 Å². The summed E-state index contributed by atoms with van der Waals surface area (Å²) in [7, 11) is 0. The Kier molecular flexibility index (Phi) is 6.95. The number of hydrogen-bond acceptors (Lipinski definition) is 2. The minimum Gasteiger partial charge on any atom is -0.356 e. The molecule has 0 aliphatic rings. The molecule has 2 aromatic rings. The van der Waals surface area contributed by atoms with Crippen molar-refractivity contribution in [3.8, 4) is 0 Å². The summed E-state index contributed by atoms with van der Waals surface area (Å²) in [5.74, 6) is -0.611. The van der Waals surface area contributed by atoms with Gasteiger partial charge >= 0.3 is 0 Å². The number of nitrogens with one attached hydrogen (secondary N) is 1. The Balaban J connectivity index is 1.82. The Labute approximate surface area is 151 Å². The molecule has 2 amide bonds. The molecule has 132 valence electrons. The van der Waals surface area contributed by atoms with E-state index in [2.05, 4.69) is 5.32 Å². The quantitative estimate of drug-likeness (QED) is 0.818. The summed E-state index contributed by atoms with van der Waals surface area (Å²) >= 11 is 5.85. The van der Waals surface area contributed by atoms with Gasteiger partial charge in [0.2, 0.25) is 11.8 Å². The number of benzene rings is 2. The van der Waals surface area contributed by atoms with Crippen LogP contribution in [0, 0.1) is 5.82 Å². The topological polar surface area (TPSA) is 49.4 Å². The first kappa shape index (κ1) is 18.9. The van der Waals surface area contributed by atoms with Crippen molar-refractivity contribution >= 4 is 29.1 Å². The standard InChI is InChI=1S/C19H20ClFN2O2/c1-14(24)23(17-8-6-16(20)7-9-17)13-11-19(25)22-12-10-15-4-2-3-5-18(15)21/h2-9H,10-13H2,1H3,(H,22,25). The highest BCUT2D eigenvalue weighted by atomic mass is 35.5. The molecule has 2 aromatic carbocycles. The lowest BCUT2D eigenvalue weighted by Crippen LogP contribution is -2.34. The molecular formula is C19H20ClFN2O2. The van der Waals surface area contributed by atoms with E-state index in [1.165, 1.54) is 17.9 Å². The van der Waals surface area contributed by atoms with E-state index in [9.17, 15) is 14.0 Å². The molecule has 0 bridgehead atoms. The lowest BCUT2D eigenvalue weighted by molar-refractivity contribution is -0.121. The van der Waals surface area contributed by atoms with Crippen LogP contribution in [0.15, 0.2) is 48.5 Å². The zero-order chi connectivity index (χ0) is 18.2. The van der Waals surface area contributed by atoms with Crippen LogP contribution in [0.3, 0.4) is 0 Å². The second-order valence-corrected chi connectivity index (χ2v) is 6.02. The Morgan fingerprint density at radius 3 is 2.44 bits per heavy atom.